The molecule has 1 fully saturated rings. The average Bonchev–Trinajstić information content (AvgIpc) is 3.28. The van der Waals surface area contributed by atoms with Crippen molar-refractivity contribution in [3.63, 3.8) is 0 Å². The normalized spacial score (nSPS) is 18.2. The van der Waals surface area contributed by atoms with E-state index in [-0.39, 0.29) is 29.0 Å². The van der Waals surface area contributed by atoms with Crippen molar-refractivity contribution in [3.8, 4) is 28.4 Å². The lowest BCUT2D eigenvalue weighted by Crippen LogP contribution is -2.48. The SMILES string of the molecule is COc1cc2c(c(OC)c1OC)-c1ccc(NC(C)C(=O)N3CCOC(c4ccccc4)C3)c(=O)cc1C(NC(C)=O)CC2. The van der Waals surface area contributed by atoms with Crippen LogP contribution in [0.2, 0.25) is 0 Å². The number of hydrogen-bond acceptors (Lipinski definition) is 8. The van der Waals surface area contributed by atoms with Gasteiger partial charge in [0, 0.05) is 19.0 Å². The van der Waals surface area contributed by atoms with Gasteiger partial charge >= 0.3 is 0 Å². The van der Waals surface area contributed by atoms with Crippen molar-refractivity contribution in [1.29, 1.82) is 0 Å². The molecule has 10 heteroatoms. The molecule has 1 saturated heterocycles. The zero-order valence-corrected chi connectivity index (χ0v) is 25.8. The van der Waals surface area contributed by atoms with Crippen LogP contribution in [0.5, 0.6) is 17.2 Å². The van der Waals surface area contributed by atoms with Gasteiger partial charge in [0.25, 0.3) is 0 Å². The van der Waals surface area contributed by atoms with E-state index in [1.165, 1.54) is 6.92 Å². The van der Waals surface area contributed by atoms with Crippen LogP contribution in [-0.4, -0.2) is 63.8 Å². The molecule has 1 aliphatic carbocycles. The minimum Gasteiger partial charge on any atom is -0.493 e. The van der Waals surface area contributed by atoms with Crippen LogP contribution >= 0.6 is 0 Å². The van der Waals surface area contributed by atoms with Crippen molar-refractivity contribution in [2.75, 3.05) is 46.3 Å². The maximum Gasteiger partial charge on any atom is 0.244 e. The molecule has 0 spiro atoms. The lowest BCUT2D eigenvalue weighted by molar-refractivity contribution is -0.139. The van der Waals surface area contributed by atoms with Gasteiger partial charge in [0.05, 0.1) is 46.2 Å². The number of carbonyl (C=O) groups is 2. The Morgan fingerprint density at radius 1 is 1.00 bits per heavy atom. The topological polar surface area (TPSA) is 115 Å². The second kappa shape index (κ2) is 13.4. The molecule has 0 radical (unpaired) electrons. The second-order valence-corrected chi connectivity index (χ2v) is 11.0. The van der Waals surface area contributed by atoms with Gasteiger partial charge in [-0.25, -0.2) is 0 Å². The van der Waals surface area contributed by atoms with E-state index in [1.54, 1.807) is 45.3 Å². The summed E-state index contributed by atoms with van der Waals surface area (Å²) in [4.78, 5) is 41.2. The van der Waals surface area contributed by atoms with Crippen molar-refractivity contribution in [2.24, 2.45) is 0 Å². The summed E-state index contributed by atoms with van der Waals surface area (Å²) < 4.78 is 23.1. The minimum absolute atomic E-state index is 0.123. The number of carbonyl (C=O) groups excluding carboxylic acids is 2. The Hall–Kier alpha value is -4.57. The molecule has 1 heterocycles. The molecule has 2 N–H and O–H groups in total. The Kier molecular flexibility index (Phi) is 9.39. The number of aryl methyl sites for hydroxylation is 1. The monoisotopic (exact) mass is 601 g/mol. The summed E-state index contributed by atoms with van der Waals surface area (Å²) in [6.45, 7) is 4.53. The van der Waals surface area contributed by atoms with Crippen LogP contribution in [0.15, 0.2) is 59.4 Å². The zero-order valence-electron chi connectivity index (χ0n) is 25.8. The number of hydrogen-bond donors (Lipinski definition) is 2. The van der Waals surface area contributed by atoms with E-state index in [1.807, 2.05) is 42.5 Å². The third-order valence-electron chi connectivity index (χ3n) is 8.21. The van der Waals surface area contributed by atoms with Gasteiger partial charge in [0.2, 0.25) is 23.0 Å². The summed E-state index contributed by atoms with van der Waals surface area (Å²) in [6.07, 6.45) is 0.945. The molecule has 2 aliphatic rings. The number of anilines is 1. The molecule has 3 aromatic carbocycles. The van der Waals surface area contributed by atoms with E-state index in [2.05, 4.69) is 10.6 Å². The van der Waals surface area contributed by atoms with Crippen LogP contribution in [-0.2, 0) is 20.7 Å². The van der Waals surface area contributed by atoms with E-state index in [4.69, 9.17) is 18.9 Å². The van der Waals surface area contributed by atoms with Crippen molar-refractivity contribution in [3.05, 3.63) is 81.5 Å². The third-order valence-corrected chi connectivity index (χ3v) is 8.21. The van der Waals surface area contributed by atoms with Gasteiger partial charge in [-0.3, -0.25) is 14.4 Å². The molecule has 1 aliphatic heterocycles. The number of rotatable bonds is 8. The predicted octanol–water partition coefficient (Wildman–Crippen LogP) is 4.26. The molecule has 3 unspecified atom stereocenters. The minimum atomic E-state index is -0.670. The highest BCUT2D eigenvalue weighted by Crippen LogP contribution is 2.50. The molecule has 0 saturated carbocycles. The predicted molar refractivity (Wildman–Crippen MR) is 167 cm³/mol. The molecule has 5 rings (SSSR count). The van der Waals surface area contributed by atoms with Gasteiger partial charge in [-0.2, -0.15) is 0 Å². The molecule has 0 aromatic heterocycles. The molecular formula is C34H39N3O7. The fraction of sp³-hybridized carbons (Fsp3) is 0.382. The van der Waals surface area contributed by atoms with Crippen molar-refractivity contribution in [2.45, 2.75) is 44.9 Å². The number of morpholine rings is 1. The summed E-state index contributed by atoms with van der Waals surface area (Å²) in [7, 11) is 4.67. The van der Waals surface area contributed by atoms with Crippen LogP contribution in [0.4, 0.5) is 5.69 Å². The first-order valence-corrected chi connectivity index (χ1v) is 14.7. The third kappa shape index (κ3) is 6.21. The Bertz CT molecular complexity index is 1590. The Labute approximate surface area is 257 Å². The van der Waals surface area contributed by atoms with Gasteiger partial charge < -0.3 is 34.5 Å². The summed E-state index contributed by atoms with van der Waals surface area (Å²) in [5.74, 6) is 1.11. The molecule has 0 bridgehead atoms. The van der Waals surface area contributed by atoms with E-state index in [0.717, 1.165) is 22.3 Å². The Morgan fingerprint density at radius 2 is 1.75 bits per heavy atom. The van der Waals surface area contributed by atoms with E-state index >= 15 is 0 Å². The summed E-state index contributed by atoms with van der Waals surface area (Å²) in [6, 6.07) is 15.7. The molecule has 3 aromatic rings. The number of methoxy groups -OCH3 is 3. The Morgan fingerprint density at radius 3 is 2.43 bits per heavy atom. The summed E-state index contributed by atoms with van der Waals surface area (Å²) >= 11 is 0. The zero-order chi connectivity index (χ0) is 31.4. The summed E-state index contributed by atoms with van der Waals surface area (Å²) in [5.41, 5.74) is 4.06. The lowest BCUT2D eigenvalue weighted by atomic mass is 9.95. The first-order chi connectivity index (χ1) is 21.2. The maximum absolute atomic E-state index is 13.7. The molecule has 44 heavy (non-hydrogen) atoms. The van der Waals surface area contributed by atoms with Gasteiger partial charge in [-0.1, -0.05) is 36.4 Å². The average molecular weight is 602 g/mol. The highest BCUT2D eigenvalue weighted by atomic mass is 16.5. The molecule has 232 valence electrons. The first-order valence-electron chi connectivity index (χ1n) is 14.7. The van der Waals surface area contributed by atoms with Gasteiger partial charge in [-0.15, -0.1) is 0 Å². The quantitative estimate of drug-likeness (QED) is 0.394. The largest absolute Gasteiger partial charge is 0.493 e. The summed E-state index contributed by atoms with van der Waals surface area (Å²) in [5, 5.41) is 6.18. The fourth-order valence-corrected chi connectivity index (χ4v) is 6.11. The van der Waals surface area contributed by atoms with Crippen molar-refractivity contribution in [1.82, 2.24) is 10.2 Å². The molecule has 10 nitrogen and oxygen atoms in total. The number of fused-ring (bicyclic) bond motifs is 3. The second-order valence-electron chi connectivity index (χ2n) is 11.0. The van der Waals surface area contributed by atoms with Gasteiger partial charge in [0.15, 0.2) is 11.5 Å². The highest BCUT2D eigenvalue weighted by molar-refractivity contribution is 5.86. The van der Waals surface area contributed by atoms with E-state index in [0.29, 0.717) is 55.4 Å². The van der Waals surface area contributed by atoms with Crippen LogP contribution in [0.25, 0.3) is 11.1 Å². The first kappa shape index (κ1) is 30.9. The smallest absolute Gasteiger partial charge is 0.244 e. The van der Waals surface area contributed by atoms with Crippen LogP contribution in [0.1, 0.15) is 49.1 Å². The van der Waals surface area contributed by atoms with E-state index in [9.17, 15) is 14.4 Å². The number of amides is 2. The number of benzene rings is 2. The lowest BCUT2D eigenvalue weighted by Gasteiger charge is -2.34. The highest BCUT2D eigenvalue weighted by Gasteiger charge is 2.31. The van der Waals surface area contributed by atoms with Crippen LogP contribution in [0.3, 0.4) is 0 Å². The molecular weight excluding hydrogens is 562 g/mol. The standard InChI is InChI=1S/C34H39N3O7/c1-20(34(40)37-15-16-44-30(19-37)22-9-7-6-8-10-22)35-27-14-12-24-25(18-28(27)39)26(36-21(2)38)13-11-23-17-29(41-3)32(42-4)33(43-5)31(23)24/h6-10,12,14,17-18,20,26,30H,11,13,15-16,19H2,1-5H3,(H,35,39)(H,36,38). The number of nitrogens with one attached hydrogen (secondary N) is 2. The fourth-order valence-electron chi connectivity index (χ4n) is 6.11. The Balaban J connectivity index is 1.51. The van der Waals surface area contributed by atoms with Crippen LogP contribution in [0, 0.1) is 0 Å². The molecule has 2 amide bonds. The van der Waals surface area contributed by atoms with Crippen LogP contribution < -0.4 is 30.3 Å². The van der Waals surface area contributed by atoms with E-state index < -0.39 is 12.1 Å². The molecule has 3 atom stereocenters. The van der Waals surface area contributed by atoms with Crippen molar-refractivity contribution >= 4 is 17.5 Å². The van der Waals surface area contributed by atoms with Crippen molar-refractivity contribution < 1.29 is 28.5 Å². The van der Waals surface area contributed by atoms with Gasteiger partial charge in [0.1, 0.15) is 12.1 Å². The maximum atomic E-state index is 13.7. The van der Waals surface area contributed by atoms with Gasteiger partial charge in [-0.05, 0) is 60.2 Å². The number of ether oxygens (including phenoxy) is 4. The number of nitrogens with zero attached hydrogens (tertiary/aromatic N) is 1.